The van der Waals surface area contributed by atoms with Crippen LogP contribution in [0.2, 0.25) is 0 Å². The van der Waals surface area contributed by atoms with Gasteiger partial charge in [0.15, 0.2) is 0 Å². The van der Waals surface area contributed by atoms with Crippen LogP contribution < -0.4 is 10.6 Å². The van der Waals surface area contributed by atoms with Crippen LogP contribution in [0.15, 0.2) is 59.5 Å². The van der Waals surface area contributed by atoms with Gasteiger partial charge in [-0.05, 0) is 43.0 Å². The molecule has 1 saturated carbocycles. The molecule has 1 aliphatic carbocycles. The lowest BCUT2D eigenvalue weighted by molar-refractivity contribution is -0.145. The van der Waals surface area contributed by atoms with E-state index in [1.165, 1.54) is 12.1 Å². The Balaban J connectivity index is 1.86. The number of aliphatic hydroxyl groups is 1. The number of hydrogen-bond acceptors (Lipinski definition) is 6. The van der Waals surface area contributed by atoms with Crippen molar-refractivity contribution >= 4 is 21.8 Å². The molecule has 2 aromatic rings. The van der Waals surface area contributed by atoms with Crippen LogP contribution in [0.3, 0.4) is 0 Å². The Bertz CT molecular complexity index is 1010. The predicted molar refractivity (Wildman–Crippen MR) is 124 cm³/mol. The van der Waals surface area contributed by atoms with Gasteiger partial charge in [-0.25, -0.2) is 13.2 Å². The van der Waals surface area contributed by atoms with Crippen LogP contribution in [0.4, 0.5) is 10.5 Å². The van der Waals surface area contributed by atoms with Crippen LogP contribution in [-0.2, 0) is 21.3 Å². The lowest BCUT2D eigenvalue weighted by Crippen LogP contribution is -2.50. The number of aliphatic hydroxyl groups excluding tert-OH is 1. The van der Waals surface area contributed by atoms with Crippen LogP contribution in [-0.4, -0.2) is 61.0 Å². The Morgan fingerprint density at radius 2 is 1.85 bits per heavy atom. The third-order valence-electron chi connectivity index (χ3n) is 5.67. The Morgan fingerprint density at radius 3 is 2.48 bits per heavy atom. The van der Waals surface area contributed by atoms with Gasteiger partial charge in [-0.15, -0.1) is 0 Å². The van der Waals surface area contributed by atoms with Crippen LogP contribution in [0.5, 0.6) is 0 Å². The van der Waals surface area contributed by atoms with Gasteiger partial charge in [0.2, 0.25) is 0 Å². The maximum Gasteiger partial charge on any atom is 0.404 e. The maximum atomic E-state index is 13.5. The molecule has 0 saturated heterocycles. The number of nitrogens with zero attached hydrogens (tertiary/aromatic N) is 1. The zero-order valence-electron chi connectivity index (χ0n) is 18.6. The number of sulfonamides is 1. The van der Waals surface area contributed by atoms with E-state index in [9.17, 15) is 23.4 Å². The summed E-state index contributed by atoms with van der Waals surface area (Å²) in [5.41, 5.74) is 1.43. The number of hydroxylamine groups is 1. The van der Waals surface area contributed by atoms with E-state index >= 15 is 0 Å². The fourth-order valence-corrected chi connectivity index (χ4v) is 5.22. The van der Waals surface area contributed by atoms with E-state index in [1.54, 1.807) is 19.2 Å². The molecular weight excluding hydrogens is 446 g/mol. The van der Waals surface area contributed by atoms with Crippen LogP contribution in [0, 0.1) is 0 Å². The molecule has 2 aromatic carbocycles. The topological polar surface area (TPSA) is 128 Å². The lowest BCUT2D eigenvalue weighted by atomic mass is 10.0. The first-order valence-electron chi connectivity index (χ1n) is 11.0. The molecule has 4 N–H and O–H groups in total. The molecule has 0 aliphatic heterocycles. The van der Waals surface area contributed by atoms with Gasteiger partial charge in [-0.2, -0.15) is 0 Å². The summed E-state index contributed by atoms with van der Waals surface area (Å²) in [4.78, 5) is 17.3. The van der Waals surface area contributed by atoms with Crippen molar-refractivity contribution in [3.63, 3.8) is 0 Å². The molecule has 1 aliphatic rings. The number of rotatable bonds is 11. The van der Waals surface area contributed by atoms with Gasteiger partial charge in [0.05, 0.1) is 29.7 Å². The van der Waals surface area contributed by atoms with Crippen molar-refractivity contribution in [2.45, 2.75) is 55.2 Å². The molecule has 1 amide bonds. The third kappa shape index (κ3) is 6.91. The molecule has 0 aromatic heterocycles. The second-order valence-electron chi connectivity index (χ2n) is 8.09. The summed E-state index contributed by atoms with van der Waals surface area (Å²) in [6.45, 7) is -0.416. The Kier molecular flexibility index (Phi) is 8.67. The molecular formula is C23H31N3O6S. The minimum Gasteiger partial charge on any atom is -0.465 e. The summed E-state index contributed by atoms with van der Waals surface area (Å²) in [5.74, 6) is 0. The molecule has 0 heterocycles. The molecule has 33 heavy (non-hydrogen) atoms. The van der Waals surface area contributed by atoms with Crippen molar-refractivity contribution in [1.29, 1.82) is 0 Å². The second-order valence-corrected chi connectivity index (χ2v) is 9.92. The van der Waals surface area contributed by atoms with Crippen molar-refractivity contribution in [1.82, 2.24) is 9.79 Å². The number of carbonyl (C=O) groups is 1. The van der Waals surface area contributed by atoms with Gasteiger partial charge in [-0.1, -0.05) is 53.7 Å². The van der Waals surface area contributed by atoms with Crippen molar-refractivity contribution in [2.75, 3.05) is 18.9 Å². The minimum absolute atomic E-state index is 0.0188. The van der Waals surface area contributed by atoms with Crippen LogP contribution in [0.25, 0.3) is 0 Å². The highest BCUT2D eigenvalue weighted by Gasteiger charge is 2.34. The zero-order valence-corrected chi connectivity index (χ0v) is 19.4. The molecule has 10 heteroatoms. The van der Waals surface area contributed by atoms with Gasteiger partial charge >= 0.3 is 6.09 Å². The van der Waals surface area contributed by atoms with E-state index in [4.69, 9.17) is 4.84 Å². The summed E-state index contributed by atoms with van der Waals surface area (Å²) in [6, 6.07) is 14.5. The standard InChI is InChI=1S/C23H31N3O6S/c1-24-18-10-7-13-20(15-18)33(30,31)26(32-19-11-5-6-12-19)16-22(27)21(25-23(28)29)14-17-8-3-2-4-9-17/h2-4,7-10,13,15,19,21-22,24-25,27H,5-6,11-12,14,16H2,1H3,(H,28,29). The van der Waals surface area contributed by atoms with E-state index in [1.807, 2.05) is 30.3 Å². The highest BCUT2D eigenvalue weighted by molar-refractivity contribution is 7.89. The summed E-state index contributed by atoms with van der Waals surface area (Å²) in [5, 5.41) is 25.5. The SMILES string of the molecule is CNc1cccc(S(=O)(=O)N(CC(O)C(Cc2ccccc2)NC(=O)O)OC2CCCC2)c1. The Hall–Kier alpha value is -2.66. The number of nitrogens with one attached hydrogen (secondary N) is 2. The normalized spacial score (nSPS) is 16.5. The van der Waals surface area contributed by atoms with Crippen molar-refractivity contribution in [3.8, 4) is 0 Å². The molecule has 0 spiro atoms. The predicted octanol–water partition coefficient (Wildman–Crippen LogP) is 2.83. The molecule has 1 fully saturated rings. The molecule has 0 bridgehead atoms. The second kappa shape index (κ2) is 11.5. The monoisotopic (exact) mass is 477 g/mol. The molecule has 3 rings (SSSR count). The largest absolute Gasteiger partial charge is 0.465 e. The molecule has 0 radical (unpaired) electrons. The molecule has 9 nitrogen and oxygen atoms in total. The van der Waals surface area contributed by atoms with Gasteiger partial charge in [0.25, 0.3) is 10.0 Å². The molecule has 2 unspecified atom stereocenters. The minimum atomic E-state index is -4.12. The van der Waals surface area contributed by atoms with Gasteiger partial charge < -0.3 is 20.8 Å². The third-order valence-corrected chi connectivity index (χ3v) is 7.29. The first kappa shape index (κ1) is 25.0. The van der Waals surface area contributed by atoms with Gasteiger partial charge in [0, 0.05) is 12.7 Å². The molecule has 2 atom stereocenters. The van der Waals surface area contributed by atoms with Gasteiger partial charge in [-0.3, -0.25) is 4.84 Å². The van der Waals surface area contributed by atoms with E-state index < -0.39 is 34.8 Å². The number of anilines is 1. The van der Waals surface area contributed by atoms with E-state index in [0.29, 0.717) is 5.69 Å². The van der Waals surface area contributed by atoms with E-state index in [0.717, 1.165) is 35.7 Å². The van der Waals surface area contributed by atoms with E-state index in [2.05, 4.69) is 10.6 Å². The fourth-order valence-electron chi connectivity index (χ4n) is 3.88. The number of hydrogen-bond donors (Lipinski definition) is 4. The average molecular weight is 478 g/mol. The van der Waals surface area contributed by atoms with Crippen molar-refractivity contribution < 1.29 is 28.3 Å². The summed E-state index contributed by atoms with van der Waals surface area (Å²) >= 11 is 0. The average Bonchev–Trinajstić information content (AvgIpc) is 3.32. The van der Waals surface area contributed by atoms with Crippen LogP contribution >= 0.6 is 0 Å². The van der Waals surface area contributed by atoms with Crippen molar-refractivity contribution in [2.24, 2.45) is 0 Å². The Morgan fingerprint density at radius 1 is 1.15 bits per heavy atom. The van der Waals surface area contributed by atoms with Gasteiger partial charge in [0.1, 0.15) is 0 Å². The molecule has 180 valence electrons. The number of amides is 1. The first-order chi connectivity index (χ1) is 15.8. The van der Waals surface area contributed by atoms with E-state index in [-0.39, 0.29) is 17.4 Å². The Labute approximate surface area is 194 Å². The summed E-state index contributed by atoms with van der Waals surface area (Å²) in [6.07, 6.45) is 0.591. The highest BCUT2D eigenvalue weighted by atomic mass is 32.2. The highest BCUT2D eigenvalue weighted by Crippen LogP contribution is 2.27. The zero-order chi connectivity index (χ0) is 23.8. The maximum absolute atomic E-state index is 13.5. The smallest absolute Gasteiger partial charge is 0.404 e. The number of carboxylic acid groups (broad SMARTS) is 1. The first-order valence-corrected chi connectivity index (χ1v) is 12.4. The van der Waals surface area contributed by atoms with Crippen molar-refractivity contribution in [3.05, 3.63) is 60.2 Å². The number of benzene rings is 2. The lowest BCUT2D eigenvalue weighted by Gasteiger charge is -2.30. The summed E-state index contributed by atoms with van der Waals surface area (Å²) in [7, 11) is -2.43. The van der Waals surface area contributed by atoms with Crippen LogP contribution in [0.1, 0.15) is 31.2 Å². The summed E-state index contributed by atoms with van der Waals surface area (Å²) < 4.78 is 27.7. The quantitative estimate of drug-likeness (QED) is 0.366. The fraction of sp³-hybridized carbons (Fsp3) is 0.435.